The summed E-state index contributed by atoms with van der Waals surface area (Å²) >= 11 is 0. The fourth-order valence-electron chi connectivity index (χ4n) is 3.40. The maximum Gasteiger partial charge on any atom is 0.120 e. The van der Waals surface area contributed by atoms with E-state index < -0.39 is 0 Å². The Bertz CT molecular complexity index is 703. The molecule has 2 aromatic rings. The highest BCUT2D eigenvalue weighted by Gasteiger charge is 2.18. The van der Waals surface area contributed by atoms with Crippen LogP contribution >= 0.6 is 0 Å². The first-order valence-electron chi connectivity index (χ1n) is 8.80. The minimum atomic E-state index is 0.431. The van der Waals surface area contributed by atoms with Crippen LogP contribution in [-0.2, 0) is 13.1 Å². The van der Waals surface area contributed by atoms with Gasteiger partial charge in [-0.15, -0.1) is 0 Å². The van der Waals surface area contributed by atoms with E-state index in [4.69, 9.17) is 0 Å². The van der Waals surface area contributed by atoms with Gasteiger partial charge in [-0.1, -0.05) is 35.9 Å². The summed E-state index contributed by atoms with van der Waals surface area (Å²) in [5.74, 6) is 0.431. The number of aromatic hydroxyl groups is 1. The Labute approximate surface area is 145 Å². The lowest BCUT2D eigenvalue weighted by Crippen LogP contribution is -2.45. The zero-order valence-corrected chi connectivity index (χ0v) is 15.0. The number of hydrogen-bond donors (Lipinski definition) is 1. The molecule has 1 saturated heterocycles. The second-order valence-electron chi connectivity index (χ2n) is 7.11. The SMILES string of the molecule is Cc1cccc(CN2CCN(Cc3cc(C)c(C)cc3O)CC2)c1. The van der Waals surface area contributed by atoms with E-state index in [1.165, 1.54) is 16.7 Å². The van der Waals surface area contributed by atoms with E-state index >= 15 is 0 Å². The minimum absolute atomic E-state index is 0.431. The summed E-state index contributed by atoms with van der Waals surface area (Å²) in [6.07, 6.45) is 0. The summed E-state index contributed by atoms with van der Waals surface area (Å²) < 4.78 is 0. The molecule has 0 aromatic heterocycles. The highest BCUT2D eigenvalue weighted by atomic mass is 16.3. The summed E-state index contributed by atoms with van der Waals surface area (Å²) in [5, 5.41) is 10.2. The van der Waals surface area contributed by atoms with Crippen molar-refractivity contribution in [3.05, 3.63) is 64.2 Å². The van der Waals surface area contributed by atoms with Crippen LogP contribution in [0.5, 0.6) is 5.75 Å². The topological polar surface area (TPSA) is 26.7 Å². The number of piperazine rings is 1. The molecule has 0 aliphatic carbocycles. The molecule has 1 N–H and O–H groups in total. The molecule has 1 aliphatic heterocycles. The van der Waals surface area contributed by atoms with Gasteiger partial charge in [-0.25, -0.2) is 0 Å². The van der Waals surface area contributed by atoms with Gasteiger partial charge < -0.3 is 5.11 Å². The largest absolute Gasteiger partial charge is 0.508 e. The van der Waals surface area contributed by atoms with E-state index in [1.54, 1.807) is 0 Å². The van der Waals surface area contributed by atoms with Gasteiger partial charge in [0.1, 0.15) is 5.75 Å². The zero-order chi connectivity index (χ0) is 17.1. The Hall–Kier alpha value is -1.84. The highest BCUT2D eigenvalue weighted by Crippen LogP contribution is 2.24. The van der Waals surface area contributed by atoms with Crippen LogP contribution in [0, 0.1) is 20.8 Å². The van der Waals surface area contributed by atoms with Gasteiger partial charge in [0.2, 0.25) is 0 Å². The molecule has 128 valence electrons. The van der Waals surface area contributed by atoms with E-state index in [9.17, 15) is 5.11 Å². The highest BCUT2D eigenvalue weighted by molar-refractivity contribution is 5.40. The molecule has 0 radical (unpaired) electrons. The summed E-state index contributed by atoms with van der Waals surface area (Å²) in [6.45, 7) is 12.4. The molecule has 0 spiro atoms. The van der Waals surface area contributed by atoms with Gasteiger partial charge >= 0.3 is 0 Å². The van der Waals surface area contributed by atoms with Crippen LogP contribution in [0.3, 0.4) is 0 Å². The van der Waals surface area contributed by atoms with E-state index in [-0.39, 0.29) is 0 Å². The van der Waals surface area contributed by atoms with Crippen LogP contribution in [0.25, 0.3) is 0 Å². The maximum absolute atomic E-state index is 10.2. The second kappa shape index (κ2) is 7.37. The lowest BCUT2D eigenvalue weighted by molar-refractivity contribution is 0.121. The number of nitrogens with zero attached hydrogens (tertiary/aromatic N) is 2. The molecule has 1 heterocycles. The molecule has 3 nitrogen and oxygen atoms in total. The van der Waals surface area contributed by atoms with Gasteiger partial charge in [-0.05, 0) is 43.5 Å². The molecule has 1 fully saturated rings. The summed E-state index contributed by atoms with van der Waals surface area (Å²) in [7, 11) is 0. The fourth-order valence-corrected chi connectivity index (χ4v) is 3.40. The third-order valence-electron chi connectivity index (χ3n) is 5.04. The van der Waals surface area contributed by atoms with Crippen molar-refractivity contribution in [2.24, 2.45) is 0 Å². The van der Waals surface area contributed by atoms with Crippen LogP contribution in [0.1, 0.15) is 27.8 Å². The van der Waals surface area contributed by atoms with E-state index in [0.717, 1.165) is 50.4 Å². The van der Waals surface area contributed by atoms with E-state index in [0.29, 0.717) is 5.75 Å². The average Bonchev–Trinajstić information content (AvgIpc) is 2.54. The first kappa shape index (κ1) is 17.0. The lowest BCUT2D eigenvalue weighted by Gasteiger charge is -2.35. The number of rotatable bonds is 4. The van der Waals surface area contributed by atoms with Gasteiger partial charge in [0, 0.05) is 44.8 Å². The van der Waals surface area contributed by atoms with Gasteiger partial charge in [-0.3, -0.25) is 9.80 Å². The van der Waals surface area contributed by atoms with Crippen LogP contribution in [0.4, 0.5) is 0 Å². The molecule has 0 amide bonds. The molecule has 0 unspecified atom stereocenters. The Morgan fingerprint density at radius 1 is 0.833 bits per heavy atom. The van der Waals surface area contributed by atoms with Gasteiger partial charge in [0.05, 0.1) is 0 Å². The van der Waals surface area contributed by atoms with Crippen molar-refractivity contribution in [1.29, 1.82) is 0 Å². The minimum Gasteiger partial charge on any atom is -0.508 e. The number of aryl methyl sites for hydroxylation is 3. The van der Waals surface area contributed by atoms with Crippen molar-refractivity contribution in [2.45, 2.75) is 33.9 Å². The molecule has 0 bridgehead atoms. The third kappa shape index (κ3) is 4.16. The summed E-state index contributed by atoms with van der Waals surface area (Å²) in [4.78, 5) is 4.96. The van der Waals surface area contributed by atoms with Gasteiger partial charge in [0.25, 0.3) is 0 Å². The molecule has 0 atom stereocenters. The Morgan fingerprint density at radius 2 is 1.46 bits per heavy atom. The Morgan fingerprint density at radius 3 is 2.12 bits per heavy atom. The van der Waals surface area contributed by atoms with Crippen molar-refractivity contribution in [3.63, 3.8) is 0 Å². The Kier molecular flexibility index (Phi) is 5.22. The molecule has 1 aliphatic rings. The van der Waals surface area contributed by atoms with Crippen molar-refractivity contribution in [2.75, 3.05) is 26.2 Å². The predicted octanol–water partition coefficient (Wildman–Crippen LogP) is 3.64. The van der Waals surface area contributed by atoms with Crippen LogP contribution in [0.15, 0.2) is 36.4 Å². The average molecular weight is 324 g/mol. The van der Waals surface area contributed by atoms with Gasteiger partial charge in [0.15, 0.2) is 0 Å². The molecule has 0 saturated carbocycles. The van der Waals surface area contributed by atoms with Crippen molar-refractivity contribution in [3.8, 4) is 5.75 Å². The smallest absolute Gasteiger partial charge is 0.120 e. The van der Waals surface area contributed by atoms with Crippen molar-refractivity contribution >= 4 is 0 Å². The molecular formula is C21H28N2O. The second-order valence-corrected chi connectivity index (χ2v) is 7.11. The molecule has 24 heavy (non-hydrogen) atoms. The zero-order valence-electron chi connectivity index (χ0n) is 15.0. The maximum atomic E-state index is 10.2. The van der Waals surface area contributed by atoms with Crippen LogP contribution < -0.4 is 0 Å². The monoisotopic (exact) mass is 324 g/mol. The van der Waals surface area contributed by atoms with Gasteiger partial charge in [-0.2, -0.15) is 0 Å². The van der Waals surface area contributed by atoms with Crippen LogP contribution in [-0.4, -0.2) is 41.1 Å². The number of benzene rings is 2. The molecule has 3 rings (SSSR count). The number of phenols is 1. The lowest BCUT2D eigenvalue weighted by atomic mass is 10.0. The molecule has 2 aromatic carbocycles. The third-order valence-corrected chi connectivity index (χ3v) is 5.04. The normalized spacial score (nSPS) is 16.5. The fraction of sp³-hybridized carbons (Fsp3) is 0.429. The first-order valence-corrected chi connectivity index (χ1v) is 8.80. The van der Waals surface area contributed by atoms with Crippen LogP contribution in [0.2, 0.25) is 0 Å². The molecule has 3 heteroatoms. The van der Waals surface area contributed by atoms with Crippen molar-refractivity contribution in [1.82, 2.24) is 9.80 Å². The first-order chi connectivity index (χ1) is 11.5. The molecular weight excluding hydrogens is 296 g/mol. The van der Waals surface area contributed by atoms with E-state index in [2.05, 4.69) is 54.0 Å². The Balaban J connectivity index is 1.55. The quantitative estimate of drug-likeness (QED) is 0.930. The predicted molar refractivity (Wildman–Crippen MR) is 99.3 cm³/mol. The van der Waals surface area contributed by atoms with E-state index in [1.807, 2.05) is 13.0 Å². The van der Waals surface area contributed by atoms with Crippen molar-refractivity contribution < 1.29 is 5.11 Å². The standard InChI is InChI=1S/C21H28N2O/c1-16-5-4-6-19(11-16)14-22-7-9-23(10-8-22)15-20-12-17(2)18(3)13-21(20)24/h4-6,11-13,24H,7-10,14-15H2,1-3H3. The summed E-state index contributed by atoms with van der Waals surface area (Å²) in [6, 6.07) is 12.8. The number of phenolic OH excluding ortho intramolecular Hbond substituents is 1. The number of hydrogen-bond acceptors (Lipinski definition) is 3. The summed E-state index contributed by atoms with van der Waals surface area (Å²) in [5.41, 5.74) is 6.18.